The Kier molecular flexibility index (Phi) is 3.43. The molecule has 2 aromatic carbocycles. The SMILES string of the molecule is Cc1cccc(-c2nc3ccccc3c(=O)n2-c2cccnc2)c1. The molecular formula is C20H15N3O. The fourth-order valence-electron chi connectivity index (χ4n) is 2.84. The lowest BCUT2D eigenvalue weighted by molar-refractivity contribution is 0.965. The van der Waals surface area contributed by atoms with E-state index >= 15 is 0 Å². The van der Waals surface area contributed by atoms with Gasteiger partial charge in [0.15, 0.2) is 0 Å². The minimum absolute atomic E-state index is 0.0925. The van der Waals surface area contributed by atoms with E-state index in [2.05, 4.69) is 4.98 Å². The van der Waals surface area contributed by atoms with Gasteiger partial charge >= 0.3 is 0 Å². The molecule has 4 nitrogen and oxygen atoms in total. The Morgan fingerprint density at radius 1 is 0.958 bits per heavy atom. The Morgan fingerprint density at radius 2 is 1.83 bits per heavy atom. The van der Waals surface area contributed by atoms with Gasteiger partial charge in [-0.2, -0.15) is 0 Å². The molecule has 24 heavy (non-hydrogen) atoms. The van der Waals surface area contributed by atoms with Crippen molar-refractivity contribution in [1.82, 2.24) is 14.5 Å². The second-order valence-electron chi connectivity index (χ2n) is 5.67. The van der Waals surface area contributed by atoms with Crippen LogP contribution in [0.4, 0.5) is 0 Å². The molecule has 0 fully saturated rings. The number of nitrogens with zero attached hydrogens (tertiary/aromatic N) is 3. The predicted octanol–water partition coefficient (Wildman–Crippen LogP) is 3.76. The number of hydrogen-bond donors (Lipinski definition) is 0. The molecule has 0 aliphatic heterocycles. The van der Waals surface area contributed by atoms with Crippen LogP contribution in [0.15, 0.2) is 77.9 Å². The van der Waals surface area contributed by atoms with Crippen LogP contribution in [0.5, 0.6) is 0 Å². The molecule has 0 saturated carbocycles. The highest BCUT2D eigenvalue weighted by Crippen LogP contribution is 2.22. The van der Waals surface area contributed by atoms with Gasteiger partial charge in [0.1, 0.15) is 5.82 Å². The summed E-state index contributed by atoms with van der Waals surface area (Å²) < 4.78 is 1.63. The average Bonchev–Trinajstić information content (AvgIpc) is 2.62. The number of aryl methyl sites for hydroxylation is 1. The molecular weight excluding hydrogens is 298 g/mol. The maximum Gasteiger partial charge on any atom is 0.266 e. The number of rotatable bonds is 2. The zero-order chi connectivity index (χ0) is 16.5. The highest BCUT2D eigenvalue weighted by molar-refractivity contribution is 5.80. The van der Waals surface area contributed by atoms with Crippen molar-refractivity contribution in [2.45, 2.75) is 6.92 Å². The first-order chi connectivity index (χ1) is 11.7. The van der Waals surface area contributed by atoms with E-state index in [9.17, 15) is 4.79 Å². The standard InChI is InChI=1S/C20H15N3O/c1-14-6-4-7-15(12-14)19-22-18-10-3-2-9-17(18)20(24)23(19)16-8-5-11-21-13-16/h2-13H,1H3. The topological polar surface area (TPSA) is 47.8 Å². The summed E-state index contributed by atoms with van der Waals surface area (Å²) in [5.41, 5.74) is 3.33. The zero-order valence-corrected chi connectivity index (χ0v) is 13.2. The van der Waals surface area contributed by atoms with Crippen molar-refractivity contribution in [2.24, 2.45) is 0 Å². The first-order valence-electron chi connectivity index (χ1n) is 7.73. The normalized spacial score (nSPS) is 10.9. The molecule has 4 rings (SSSR count). The smallest absolute Gasteiger partial charge is 0.266 e. The second-order valence-corrected chi connectivity index (χ2v) is 5.67. The van der Waals surface area contributed by atoms with Crippen LogP contribution in [-0.4, -0.2) is 14.5 Å². The second kappa shape index (κ2) is 5.74. The fraction of sp³-hybridized carbons (Fsp3) is 0.0500. The van der Waals surface area contributed by atoms with Gasteiger partial charge in [-0.1, -0.05) is 35.9 Å². The lowest BCUT2D eigenvalue weighted by atomic mass is 10.1. The van der Waals surface area contributed by atoms with Crippen molar-refractivity contribution < 1.29 is 0 Å². The molecule has 0 aliphatic rings. The molecule has 2 aromatic heterocycles. The van der Waals surface area contributed by atoms with Gasteiger partial charge in [-0.05, 0) is 37.3 Å². The van der Waals surface area contributed by atoms with E-state index < -0.39 is 0 Å². The summed E-state index contributed by atoms with van der Waals surface area (Å²) in [5.74, 6) is 0.621. The first-order valence-corrected chi connectivity index (χ1v) is 7.73. The van der Waals surface area contributed by atoms with Gasteiger partial charge in [0.05, 0.1) is 22.8 Å². The van der Waals surface area contributed by atoms with E-state index in [0.717, 1.165) is 11.1 Å². The van der Waals surface area contributed by atoms with Gasteiger partial charge in [-0.3, -0.25) is 14.3 Å². The van der Waals surface area contributed by atoms with Crippen molar-refractivity contribution in [3.8, 4) is 17.1 Å². The lowest BCUT2D eigenvalue weighted by Crippen LogP contribution is -2.22. The quantitative estimate of drug-likeness (QED) is 0.566. The van der Waals surface area contributed by atoms with E-state index in [-0.39, 0.29) is 5.56 Å². The minimum atomic E-state index is -0.0925. The number of benzene rings is 2. The summed E-state index contributed by atoms with van der Waals surface area (Å²) >= 11 is 0. The van der Waals surface area contributed by atoms with E-state index in [0.29, 0.717) is 22.4 Å². The number of aromatic nitrogens is 3. The van der Waals surface area contributed by atoms with Crippen molar-refractivity contribution in [1.29, 1.82) is 0 Å². The molecule has 0 bridgehead atoms. The molecule has 0 spiro atoms. The Morgan fingerprint density at radius 3 is 2.62 bits per heavy atom. The van der Waals surface area contributed by atoms with Gasteiger partial charge in [-0.15, -0.1) is 0 Å². The summed E-state index contributed by atoms with van der Waals surface area (Å²) in [5, 5.41) is 0.595. The summed E-state index contributed by atoms with van der Waals surface area (Å²) in [6, 6.07) is 19.1. The van der Waals surface area contributed by atoms with E-state index in [1.54, 1.807) is 23.0 Å². The van der Waals surface area contributed by atoms with Crippen molar-refractivity contribution in [3.05, 3.63) is 89.0 Å². The van der Waals surface area contributed by atoms with Gasteiger partial charge in [0, 0.05) is 11.8 Å². The van der Waals surface area contributed by atoms with Gasteiger partial charge < -0.3 is 0 Å². The molecule has 0 N–H and O–H groups in total. The summed E-state index contributed by atoms with van der Waals surface area (Å²) in [4.78, 5) is 22.0. The first kappa shape index (κ1) is 14.3. The van der Waals surface area contributed by atoms with Crippen LogP contribution in [0.3, 0.4) is 0 Å². The van der Waals surface area contributed by atoms with Gasteiger partial charge in [0.25, 0.3) is 5.56 Å². The van der Waals surface area contributed by atoms with Crippen LogP contribution in [0.25, 0.3) is 28.0 Å². The van der Waals surface area contributed by atoms with Crippen LogP contribution >= 0.6 is 0 Å². The molecule has 0 unspecified atom stereocenters. The summed E-state index contributed by atoms with van der Waals surface area (Å²) in [7, 11) is 0. The Bertz CT molecular complexity index is 1080. The van der Waals surface area contributed by atoms with E-state index in [4.69, 9.17) is 4.98 Å². The molecule has 0 atom stereocenters. The van der Waals surface area contributed by atoms with E-state index in [1.807, 2.05) is 61.5 Å². The highest BCUT2D eigenvalue weighted by atomic mass is 16.1. The van der Waals surface area contributed by atoms with Crippen LogP contribution in [0.1, 0.15) is 5.56 Å². The third kappa shape index (κ3) is 2.38. The van der Waals surface area contributed by atoms with Crippen LogP contribution in [-0.2, 0) is 0 Å². The largest absolute Gasteiger partial charge is 0.268 e. The molecule has 4 aromatic rings. The molecule has 2 heterocycles. The third-order valence-electron chi connectivity index (χ3n) is 3.96. The highest BCUT2D eigenvalue weighted by Gasteiger charge is 2.14. The average molecular weight is 313 g/mol. The van der Waals surface area contributed by atoms with Crippen LogP contribution in [0.2, 0.25) is 0 Å². The minimum Gasteiger partial charge on any atom is -0.268 e. The molecule has 0 saturated heterocycles. The maximum absolute atomic E-state index is 13.1. The predicted molar refractivity (Wildman–Crippen MR) is 95.3 cm³/mol. The molecule has 116 valence electrons. The summed E-state index contributed by atoms with van der Waals surface area (Å²) in [6.45, 7) is 2.02. The molecule has 4 heteroatoms. The molecule has 0 aliphatic carbocycles. The van der Waals surface area contributed by atoms with E-state index in [1.165, 1.54) is 0 Å². The maximum atomic E-state index is 13.1. The summed E-state index contributed by atoms with van der Waals surface area (Å²) in [6.07, 6.45) is 3.37. The molecule has 0 amide bonds. The van der Waals surface area contributed by atoms with Crippen molar-refractivity contribution in [2.75, 3.05) is 0 Å². The monoisotopic (exact) mass is 313 g/mol. The Labute approximate surface area is 139 Å². The van der Waals surface area contributed by atoms with Crippen molar-refractivity contribution in [3.63, 3.8) is 0 Å². The van der Waals surface area contributed by atoms with Crippen molar-refractivity contribution >= 4 is 10.9 Å². The zero-order valence-electron chi connectivity index (χ0n) is 13.2. The number of fused-ring (bicyclic) bond motifs is 1. The lowest BCUT2D eigenvalue weighted by Gasteiger charge is -2.13. The Balaban J connectivity index is 2.13. The fourth-order valence-corrected chi connectivity index (χ4v) is 2.84. The van der Waals surface area contributed by atoms with Crippen LogP contribution < -0.4 is 5.56 Å². The van der Waals surface area contributed by atoms with Crippen LogP contribution in [0, 0.1) is 6.92 Å². The number of hydrogen-bond acceptors (Lipinski definition) is 3. The third-order valence-corrected chi connectivity index (χ3v) is 3.96. The van der Waals surface area contributed by atoms with Gasteiger partial charge in [-0.25, -0.2) is 4.98 Å². The number of pyridine rings is 1. The molecule has 0 radical (unpaired) electrons. The number of para-hydroxylation sites is 1. The van der Waals surface area contributed by atoms with Gasteiger partial charge in [0.2, 0.25) is 0 Å². The Hall–Kier alpha value is -3.27.